The van der Waals surface area contributed by atoms with Crippen LogP contribution < -0.4 is 5.32 Å². The van der Waals surface area contributed by atoms with E-state index in [9.17, 15) is 9.59 Å². The smallest absolute Gasteiger partial charge is 0.253 e. The van der Waals surface area contributed by atoms with Gasteiger partial charge in [-0.2, -0.15) is 0 Å². The Hall–Kier alpha value is -1.84. The van der Waals surface area contributed by atoms with Crippen LogP contribution in [-0.4, -0.2) is 23.8 Å². The predicted octanol–water partition coefficient (Wildman–Crippen LogP) is -0.0878. The molecule has 0 atom stereocenters. The van der Waals surface area contributed by atoms with E-state index in [4.69, 9.17) is 0 Å². The van der Waals surface area contributed by atoms with E-state index >= 15 is 0 Å². The molecule has 2 rings (SSSR count). The van der Waals surface area contributed by atoms with Gasteiger partial charge < -0.3 is 5.32 Å². The number of rotatable bonds is 1. The average molecular weight is 176 g/mol. The van der Waals surface area contributed by atoms with Crippen molar-refractivity contribution in [3.63, 3.8) is 0 Å². The number of carbonyl (C=O) groups is 2. The third-order valence-corrected chi connectivity index (χ3v) is 1.98. The van der Waals surface area contributed by atoms with E-state index in [-0.39, 0.29) is 5.91 Å². The van der Waals surface area contributed by atoms with Crippen molar-refractivity contribution in [2.24, 2.45) is 0 Å². The van der Waals surface area contributed by atoms with E-state index in [1.54, 1.807) is 18.4 Å². The van der Waals surface area contributed by atoms with Gasteiger partial charge >= 0.3 is 0 Å². The Morgan fingerprint density at radius 1 is 1.54 bits per heavy atom. The molecule has 0 aromatic carbocycles. The molecule has 4 heteroatoms. The first-order valence-electron chi connectivity index (χ1n) is 3.94. The molecule has 4 nitrogen and oxygen atoms in total. The molecule has 13 heavy (non-hydrogen) atoms. The Kier molecular flexibility index (Phi) is 1.73. The van der Waals surface area contributed by atoms with Crippen molar-refractivity contribution >= 4 is 12.3 Å². The summed E-state index contributed by atoms with van der Waals surface area (Å²) in [5.74, 6) is -0.131. The van der Waals surface area contributed by atoms with Gasteiger partial charge in [-0.05, 0) is 18.2 Å². The number of carbonyl (C=O) groups excluding carboxylic acids is 2. The molecule has 0 fully saturated rings. The molecular weight excluding hydrogens is 168 g/mol. The lowest BCUT2D eigenvalue weighted by atomic mass is 10.1. The second-order valence-electron chi connectivity index (χ2n) is 2.73. The Morgan fingerprint density at radius 2 is 2.38 bits per heavy atom. The summed E-state index contributed by atoms with van der Waals surface area (Å²) in [7, 11) is 0. The highest BCUT2D eigenvalue weighted by Crippen LogP contribution is 2.20. The standard InChI is InChI=1S/C9H8N2O2/c12-6-11-5-1-2-7-8(11)3-4-10-9(7)13/h1-3,5-6H,4H2,(H,10,13). The Morgan fingerprint density at radius 3 is 3.15 bits per heavy atom. The Labute approximate surface area is 75.2 Å². The number of hydrogen-bond donors (Lipinski definition) is 1. The van der Waals surface area contributed by atoms with Crippen molar-refractivity contribution in [3.8, 4) is 0 Å². The van der Waals surface area contributed by atoms with Crippen LogP contribution in [0.3, 0.4) is 0 Å². The first-order chi connectivity index (χ1) is 6.33. The van der Waals surface area contributed by atoms with Crippen molar-refractivity contribution in [2.75, 3.05) is 6.54 Å². The van der Waals surface area contributed by atoms with E-state index in [0.717, 1.165) is 0 Å². The quantitative estimate of drug-likeness (QED) is 0.568. The number of fused-ring (bicyclic) bond motifs is 1. The molecule has 2 heterocycles. The van der Waals surface area contributed by atoms with Gasteiger partial charge in [-0.3, -0.25) is 14.5 Å². The van der Waals surface area contributed by atoms with Crippen LogP contribution in [0.15, 0.2) is 35.7 Å². The van der Waals surface area contributed by atoms with Crippen LogP contribution in [0, 0.1) is 0 Å². The lowest BCUT2D eigenvalue weighted by molar-refractivity contribution is -0.117. The second-order valence-corrected chi connectivity index (χ2v) is 2.73. The number of nitrogens with zero attached hydrogens (tertiary/aromatic N) is 1. The molecule has 0 saturated heterocycles. The monoisotopic (exact) mass is 176 g/mol. The molecule has 66 valence electrons. The van der Waals surface area contributed by atoms with Crippen LogP contribution in [0.5, 0.6) is 0 Å². The molecular formula is C9H8N2O2. The van der Waals surface area contributed by atoms with Gasteiger partial charge in [0.2, 0.25) is 6.41 Å². The van der Waals surface area contributed by atoms with Crippen LogP contribution in [-0.2, 0) is 9.59 Å². The van der Waals surface area contributed by atoms with Gasteiger partial charge in [-0.1, -0.05) is 0 Å². The number of allylic oxidation sites excluding steroid dienone is 2. The Bertz CT molecular complexity index is 353. The summed E-state index contributed by atoms with van der Waals surface area (Å²) in [5, 5.41) is 2.67. The normalized spacial score (nSPS) is 20.0. The molecule has 2 aliphatic heterocycles. The minimum absolute atomic E-state index is 0.131. The predicted molar refractivity (Wildman–Crippen MR) is 46.2 cm³/mol. The van der Waals surface area contributed by atoms with Crippen LogP contribution >= 0.6 is 0 Å². The molecule has 1 N–H and O–H groups in total. The molecule has 0 bridgehead atoms. The minimum atomic E-state index is -0.131. The summed E-state index contributed by atoms with van der Waals surface area (Å²) in [4.78, 5) is 23.3. The SMILES string of the molecule is O=CN1C=CC=C2C(=O)NCC=C21. The van der Waals surface area contributed by atoms with E-state index in [1.165, 1.54) is 4.90 Å². The van der Waals surface area contributed by atoms with E-state index < -0.39 is 0 Å². The maximum absolute atomic E-state index is 11.3. The molecule has 0 aromatic rings. The lowest BCUT2D eigenvalue weighted by Crippen LogP contribution is -2.35. The maximum Gasteiger partial charge on any atom is 0.253 e. The van der Waals surface area contributed by atoms with Gasteiger partial charge in [0.05, 0.1) is 11.3 Å². The van der Waals surface area contributed by atoms with Gasteiger partial charge in [-0.15, -0.1) is 0 Å². The number of amides is 2. The number of nitrogens with one attached hydrogen (secondary N) is 1. The van der Waals surface area contributed by atoms with Crippen LogP contribution in [0.2, 0.25) is 0 Å². The molecule has 2 amide bonds. The van der Waals surface area contributed by atoms with Crippen LogP contribution in [0.25, 0.3) is 0 Å². The summed E-state index contributed by atoms with van der Waals surface area (Å²) < 4.78 is 0. The summed E-state index contributed by atoms with van der Waals surface area (Å²) in [5.41, 5.74) is 1.21. The van der Waals surface area contributed by atoms with Crippen LogP contribution in [0.4, 0.5) is 0 Å². The zero-order valence-electron chi connectivity index (χ0n) is 6.86. The fourth-order valence-corrected chi connectivity index (χ4v) is 1.37. The van der Waals surface area contributed by atoms with E-state index in [0.29, 0.717) is 24.2 Å². The zero-order chi connectivity index (χ0) is 9.26. The summed E-state index contributed by atoms with van der Waals surface area (Å²) in [6, 6.07) is 0. The third kappa shape index (κ3) is 1.16. The van der Waals surface area contributed by atoms with Gasteiger partial charge in [0.25, 0.3) is 5.91 Å². The fourth-order valence-electron chi connectivity index (χ4n) is 1.37. The van der Waals surface area contributed by atoms with E-state index in [1.807, 2.05) is 6.08 Å². The highest BCUT2D eigenvalue weighted by molar-refractivity contribution is 6.00. The largest absolute Gasteiger partial charge is 0.348 e. The summed E-state index contributed by atoms with van der Waals surface area (Å²) in [6.45, 7) is 0.476. The van der Waals surface area contributed by atoms with Gasteiger partial charge in [0.1, 0.15) is 0 Å². The topological polar surface area (TPSA) is 49.4 Å². The summed E-state index contributed by atoms with van der Waals surface area (Å²) in [6.07, 6.45) is 7.49. The van der Waals surface area contributed by atoms with Crippen molar-refractivity contribution in [2.45, 2.75) is 0 Å². The second kappa shape index (κ2) is 2.90. The molecule has 2 aliphatic rings. The number of hydrogen-bond acceptors (Lipinski definition) is 2. The van der Waals surface area contributed by atoms with Gasteiger partial charge in [0, 0.05) is 12.7 Å². The first kappa shape index (κ1) is 7.79. The molecule has 0 radical (unpaired) electrons. The molecule has 0 aromatic heterocycles. The maximum atomic E-state index is 11.3. The van der Waals surface area contributed by atoms with E-state index in [2.05, 4.69) is 5.32 Å². The van der Waals surface area contributed by atoms with Gasteiger partial charge in [0.15, 0.2) is 0 Å². The molecule has 0 saturated carbocycles. The molecule has 0 spiro atoms. The van der Waals surface area contributed by atoms with Crippen molar-refractivity contribution in [1.29, 1.82) is 0 Å². The average Bonchev–Trinajstić information content (AvgIpc) is 2.18. The van der Waals surface area contributed by atoms with Crippen LogP contribution in [0.1, 0.15) is 0 Å². The first-order valence-corrected chi connectivity index (χ1v) is 3.94. The van der Waals surface area contributed by atoms with Gasteiger partial charge in [-0.25, -0.2) is 0 Å². The molecule has 0 unspecified atom stereocenters. The highest BCUT2D eigenvalue weighted by atomic mass is 16.2. The fraction of sp³-hybridized carbons (Fsp3) is 0.111. The van der Waals surface area contributed by atoms with Crippen molar-refractivity contribution < 1.29 is 9.59 Å². The Balaban J connectivity index is 2.44. The zero-order valence-corrected chi connectivity index (χ0v) is 6.86. The minimum Gasteiger partial charge on any atom is -0.348 e. The molecule has 0 aliphatic carbocycles. The summed E-state index contributed by atoms with van der Waals surface area (Å²) >= 11 is 0. The van der Waals surface area contributed by atoms with Crippen molar-refractivity contribution in [1.82, 2.24) is 10.2 Å². The third-order valence-electron chi connectivity index (χ3n) is 1.98. The highest BCUT2D eigenvalue weighted by Gasteiger charge is 2.22. The lowest BCUT2D eigenvalue weighted by Gasteiger charge is -2.25. The van der Waals surface area contributed by atoms with Crippen molar-refractivity contribution in [3.05, 3.63) is 35.7 Å².